The van der Waals surface area contributed by atoms with Gasteiger partial charge >= 0.3 is 6.18 Å². The van der Waals surface area contributed by atoms with Crippen LogP contribution in [0, 0.1) is 0 Å². The van der Waals surface area contributed by atoms with Crippen molar-refractivity contribution in [2.75, 3.05) is 11.5 Å². The summed E-state index contributed by atoms with van der Waals surface area (Å²) in [6, 6.07) is -0.329. The second-order valence-corrected chi connectivity index (χ2v) is 6.60. The molecule has 1 rings (SSSR count). The first-order valence-corrected chi connectivity index (χ1v) is 7.59. The van der Waals surface area contributed by atoms with Crippen LogP contribution >= 0.6 is 23.5 Å². The third kappa shape index (κ3) is 4.75. The summed E-state index contributed by atoms with van der Waals surface area (Å²) in [6.07, 6.45) is -3.79. The van der Waals surface area contributed by atoms with E-state index in [1.165, 1.54) is 0 Å². The van der Waals surface area contributed by atoms with E-state index < -0.39 is 12.6 Å². The molecule has 1 heterocycles. The first-order valence-electron chi connectivity index (χ1n) is 5.49. The maximum absolute atomic E-state index is 12.1. The van der Waals surface area contributed by atoms with Crippen molar-refractivity contribution in [2.24, 2.45) is 5.73 Å². The number of alkyl halides is 3. The summed E-state index contributed by atoms with van der Waals surface area (Å²) in [5.41, 5.74) is 5.89. The number of hydrogen-bond acceptors (Lipinski definition) is 3. The van der Waals surface area contributed by atoms with Crippen LogP contribution in [0.5, 0.6) is 0 Å². The molecule has 0 spiro atoms. The third-order valence-corrected chi connectivity index (χ3v) is 6.11. The van der Waals surface area contributed by atoms with Gasteiger partial charge in [0.2, 0.25) is 0 Å². The Morgan fingerprint density at radius 2 is 1.94 bits per heavy atom. The summed E-state index contributed by atoms with van der Waals surface area (Å²) in [4.78, 5) is 0. The fourth-order valence-electron chi connectivity index (χ4n) is 1.83. The van der Waals surface area contributed by atoms with Crippen LogP contribution in [0.4, 0.5) is 13.2 Å². The molecular weight excluding hydrogens is 255 g/mol. The van der Waals surface area contributed by atoms with Gasteiger partial charge in [0, 0.05) is 34.5 Å². The summed E-state index contributed by atoms with van der Waals surface area (Å²) < 4.78 is 36.3. The van der Waals surface area contributed by atoms with E-state index in [2.05, 4.69) is 6.92 Å². The second kappa shape index (κ2) is 6.40. The van der Waals surface area contributed by atoms with Gasteiger partial charge in [0.25, 0.3) is 0 Å². The molecule has 6 heteroatoms. The molecule has 3 unspecified atom stereocenters. The van der Waals surface area contributed by atoms with E-state index in [0.29, 0.717) is 5.25 Å². The first kappa shape index (κ1) is 14.5. The molecule has 1 fully saturated rings. The van der Waals surface area contributed by atoms with Crippen LogP contribution in [0.1, 0.15) is 26.2 Å². The first-order chi connectivity index (χ1) is 7.44. The number of rotatable bonds is 4. The number of thioether (sulfide) groups is 2. The lowest BCUT2D eigenvalue weighted by atomic mass is 10.0. The molecule has 1 nitrogen and oxygen atoms in total. The van der Waals surface area contributed by atoms with Crippen molar-refractivity contribution in [3.63, 3.8) is 0 Å². The molecule has 2 N–H and O–H groups in total. The van der Waals surface area contributed by atoms with Gasteiger partial charge in [-0.1, -0.05) is 6.92 Å². The minimum absolute atomic E-state index is 0.0538. The summed E-state index contributed by atoms with van der Waals surface area (Å²) in [5, 5.41) is 0.605. The monoisotopic (exact) mass is 273 g/mol. The number of halogens is 3. The minimum atomic E-state index is -4.08. The summed E-state index contributed by atoms with van der Waals surface area (Å²) in [5.74, 6) is 2.09. The molecule has 0 amide bonds. The van der Waals surface area contributed by atoms with Crippen molar-refractivity contribution in [2.45, 2.75) is 48.9 Å². The third-order valence-electron chi connectivity index (χ3n) is 2.68. The standard InChI is InChI=1S/C10H18F3NS2/c1-2-8-9(16-6-5-15-8)7(14)3-4-10(11,12)13/h7-9H,2-6,14H2,1H3. The molecule has 96 valence electrons. The molecule has 0 aromatic rings. The smallest absolute Gasteiger partial charge is 0.327 e. The molecule has 1 aliphatic rings. The van der Waals surface area contributed by atoms with Crippen molar-refractivity contribution >= 4 is 23.5 Å². The van der Waals surface area contributed by atoms with Gasteiger partial charge in [-0.2, -0.15) is 36.7 Å². The van der Waals surface area contributed by atoms with Gasteiger partial charge in [-0.05, 0) is 12.8 Å². The quantitative estimate of drug-likeness (QED) is 0.851. The fourth-order valence-corrected chi connectivity index (χ4v) is 5.06. The van der Waals surface area contributed by atoms with Crippen LogP contribution in [0.2, 0.25) is 0 Å². The highest BCUT2D eigenvalue weighted by molar-refractivity contribution is 8.07. The van der Waals surface area contributed by atoms with Crippen molar-refractivity contribution in [1.82, 2.24) is 0 Å². The fraction of sp³-hybridized carbons (Fsp3) is 1.00. The van der Waals surface area contributed by atoms with Gasteiger partial charge < -0.3 is 5.73 Å². The predicted molar refractivity (Wildman–Crippen MR) is 66.0 cm³/mol. The Morgan fingerprint density at radius 1 is 1.31 bits per heavy atom. The Balaban J connectivity index is 2.41. The van der Waals surface area contributed by atoms with Crippen molar-refractivity contribution in [3.05, 3.63) is 0 Å². The van der Waals surface area contributed by atoms with Crippen LogP contribution < -0.4 is 5.73 Å². The normalized spacial score (nSPS) is 29.1. The van der Waals surface area contributed by atoms with Crippen molar-refractivity contribution in [1.29, 1.82) is 0 Å². The van der Waals surface area contributed by atoms with E-state index in [1.54, 1.807) is 11.8 Å². The Bertz CT molecular complexity index is 211. The zero-order chi connectivity index (χ0) is 12.2. The highest BCUT2D eigenvalue weighted by Gasteiger charge is 2.33. The van der Waals surface area contributed by atoms with Crippen molar-refractivity contribution in [3.8, 4) is 0 Å². The van der Waals surface area contributed by atoms with Gasteiger partial charge in [0.15, 0.2) is 0 Å². The highest BCUT2D eigenvalue weighted by atomic mass is 32.2. The van der Waals surface area contributed by atoms with Gasteiger partial charge in [0.1, 0.15) is 0 Å². The summed E-state index contributed by atoms with van der Waals surface area (Å²) in [6.45, 7) is 2.08. The van der Waals surface area contributed by atoms with Crippen LogP contribution in [0.3, 0.4) is 0 Å². The molecule has 16 heavy (non-hydrogen) atoms. The molecule has 0 aromatic carbocycles. The van der Waals surface area contributed by atoms with Crippen LogP contribution in [0.25, 0.3) is 0 Å². The zero-order valence-corrected chi connectivity index (χ0v) is 10.9. The molecule has 1 aliphatic heterocycles. The highest BCUT2D eigenvalue weighted by Crippen LogP contribution is 2.36. The van der Waals surface area contributed by atoms with E-state index in [-0.39, 0.29) is 17.7 Å². The van der Waals surface area contributed by atoms with E-state index in [9.17, 15) is 13.2 Å². The SMILES string of the molecule is CCC1SCCSC1C(N)CCC(F)(F)F. The van der Waals surface area contributed by atoms with E-state index >= 15 is 0 Å². The molecule has 0 aromatic heterocycles. The topological polar surface area (TPSA) is 26.0 Å². The lowest BCUT2D eigenvalue weighted by molar-refractivity contribution is -0.136. The van der Waals surface area contributed by atoms with Crippen LogP contribution in [0.15, 0.2) is 0 Å². The maximum atomic E-state index is 12.1. The molecule has 0 aliphatic carbocycles. The Morgan fingerprint density at radius 3 is 2.50 bits per heavy atom. The van der Waals surface area contributed by atoms with E-state index in [4.69, 9.17) is 5.73 Å². The molecule has 3 atom stereocenters. The second-order valence-electron chi connectivity index (χ2n) is 3.97. The lowest BCUT2D eigenvalue weighted by Gasteiger charge is -2.34. The molecular formula is C10H18F3NS2. The molecule has 0 bridgehead atoms. The van der Waals surface area contributed by atoms with Crippen molar-refractivity contribution < 1.29 is 13.2 Å². The maximum Gasteiger partial charge on any atom is 0.389 e. The zero-order valence-electron chi connectivity index (χ0n) is 9.30. The van der Waals surface area contributed by atoms with Crippen LogP contribution in [-0.2, 0) is 0 Å². The molecule has 0 radical (unpaired) electrons. The predicted octanol–water partition coefficient (Wildman–Crippen LogP) is 3.28. The number of hydrogen-bond donors (Lipinski definition) is 1. The summed E-state index contributed by atoms with van der Waals surface area (Å²) in [7, 11) is 0. The molecule has 1 saturated heterocycles. The number of nitrogens with two attached hydrogens (primary N) is 1. The largest absolute Gasteiger partial charge is 0.389 e. The Hall–Kier alpha value is 0.450. The van der Waals surface area contributed by atoms with Gasteiger partial charge in [0.05, 0.1) is 0 Å². The average Bonchev–Trinajstić information content (AvgIpc) is 2.25. The lowest BCUT2D eigenvalue weighted by Crippen LogP contribution is -2.42. The van der Waals surface area contributed by atoms with E-state index in [0.717, 1.165) is 17.9 Å². The van der Waals surface area contributed by atoms with Gasteiger partial charge in [-0.15, -0.1) is 0 Å². The Kier molecular flexibility index (Phi) is 5.81. The molecule has 0 saturated carbocycles. The van der Waals surface area contributed by atoms with Gasteiger partial charge in [-0.3, -0.25) is 0 Å². The average molecular weight is 273 g/mol. The minimum Gasteiger partial charge on any atom is -0.327 e. The van der Waals surface area contributed by atoms with Gasteiger partial charge in [-0.25, -0.2) is 0 Å². The Labute approximate surface area is 103 Å². The van der Waals surface area contributed by atoms with Crippen LogP contribution in [-0.4, -0.2) is 34.2 Å². The summed E-state index contributed by atoms with van der Waals surface area (Å²) >= 11 is 3.59. The van der Waals surface area contributed by atoms with E-state index in [1.807, 2.05) is 11.8 Å².